The number of aromatic amines is 1. The third-order valence-electron chi connectivity index (χ3n) is 5.90. The number of carboxylic acids is 1. The molecule has 3 N–H and O–H groups in total. The number of hydrogen-bond acceptors (Lipinski definition) is 3. The van der Waals surface area contributed by atoms with Crippen LogP contribution < -0.4 is 5.32 Å². The first kappa shape index (κ1) is 18.9. The lowest BCUT2D eigenvalue weighted by Gasteiger charge is -2.30. The molecule has 2 aromatic rings. The first-order valence-corrected chi connectivity index (χ1v) is 9.22. The molecular weight excluding hydrogens is 350 g/mol. The number of fused-ring (bicyclic) bond motifs is 1. The van der Waals surface area contributed by atoms with Gasteiger partial charge < -0.3 is 15.4 Å². The molecule has 0 saturated heterocycles. The lowest BCUT2D eigenvalue weighted by Crippen LogP contribution is -2.17. The van der Waals surface area contributed by atoms with Crippen molar-refractivity contribution in [3.63, 3.8) is 0 Å². The van der Waals surface area contributed by atoms with E-state index in [9.17, 15) is 9.90 Å². The highest BCUT2D eigenvalue weighted by atomic mass is 35.5. The van der Waals surface area contributed by atoms with Gasteiger partial charge in [-0.1, -0.05) is 6.42 Å². The van der Waals surface area contributed by atoms with E-state index in [1.165, 1.54) is 30.5 Å². The number of hydrogen-bond donors (Lipinski definition) is 3. The Morgan fingerprint density at radius 3 is 2.58 bits per heavy atom. The number of halogens is 1. The van der Waals surface area contributed by atoms with Crippen LogP contribution in [0.5, 0.6) is 0 Å². The third-order valence-corrected chi connectivity index (χ3v) is 5.90. The van der Waals surface area contributed by atoms with Crippen molar-refractivity contribution in [1.29, 1.82) is 0 Å². The molecule has 0 amide bonds. The summed E-state index contributed by atoms with van der Waals surface area (Å²) in [6, 6.07) is 1.84. The predicted molar refractivity (Wildman–Crippen MR) is 105 cm³/mol. The summed E-state index contributed by atoms with van der Waals surface area (Å²) >= 11 is 0. The van der Waals surface area contributed by atoms with Crippen LogP contribution in [0, 0.1) is 13.8 Å². The normalized spacial score (nSPS) is 17.0. The van der Waals surface area contributed by atoms with E-state index >= 15 is 0 Å². The van der Waals surface area contributed by atoms with E-state index in [1.807, 2.05) is 13.0 Å². The topological polar surface area (TPSA) is 78.0 Å². The lowest BCUT2D eigenvalue weighted by atomic mass is 9.74. The average Bonchev–Trinajstić information content (AvgIpc) is 2.80. The number of carbonyl (C=O) groups is 1. The monoisotopic (exact) mass is 375 g/mol. The van der Waals surface area contributed by atoms with Crippen molar-refractivity contribution in [2.75, 3.05) is 13.1 Å². The summed E-state index contributed by atoms with van der Waals surface area (Å²) in [4.78, 5) is 20.1. The fraction of sp³-hybridized carbons (Fsp3) is 0.500. The maximum Gasteiger partial charge on any atom is 0.335 e. The second-order valence-electron chi connectivity index (χ2n) is 7.33. The SMILES string of the molecule is Cc1c(C(=O)O)cc(-c2nc3c([nH]2)CCNCC3)c(C2CCC2)c1C.Cl. The highest BCUT2D eigenvalue weighted by Crippen LogP contribution is 2.44. The molecule has 0 spiro atoms. The molecule has 140 valence electrons. The summed E-state index contributed by atoms with van der Waals surface area (Å²) < 4.78 is 0. The van der Waals surface area contributed by atoms with Gasteiger partial charge in [0.05, 0.1) is 11.3 Å². The molecule has 1 aliphatic carbocycles. The van der Waals surface area contributed by atoms with Crippen LogP contribution in [-0.4, -0.2) is 34.1 Å². The van der Waals surface area contributed by atoms with Crippen LogP contribution in [0.2, 0.25) is 0 Å². The summed E-state index contributed by atoms with van der Waals surface area (Å²) in [5.74, 6) is 0.516. The van der Waals surface area contributed by atoms with E-state index in [1.54, 1.807) is 0 Å². The Kier molecular flexibility index (Phi) is 5.39. The summed E-state index contributed by atoms with van der Waals surface area (Å²) in [6.45, 7) is 5.89. The zero-order valence-corrected chi connectivity index (χ0v) is 16.1. The van der Waals surface area contributed by atoms with Crippen LogP contribution >= 0.6 is 12.4 Å². The van der Waals surface area contributed by atoms with E-state index in [4.69, 9.17) is 4.98 Å². The van der Waals surface area contributed by atoms with Gasteiger partial charge in [0.25, 0.3) is 0 Å². The summed E-state index contributed by atoms with van der Waals surface area (Å²) in [7, 11) is 0. The molecule has 1 aromatic carbocycles. The second-order valence-corrected chi connectivity index (χ2v) is 7.33. The number of aromatic carboxylic acids is 1. The first-order chi connectivity index (χ1) is 12.1. The Hall–Kier alpha value is -1.85. The van der Waals surface area contributed by atoms with Crippen molar-refractivity contribution in [1.82, 2.24) is 15.3 Å². The smallest absolute Gasteiger partial charge is 0.335 e. The maximum atomic E-state index is 11.7. The average molecular weight is 376 g/mol. The molecule has 0 radical (unpaired) electrons. The number of carboxylic acid groups (broad SMARTS) is 1. The Morgan fingerprint density at radius 1 is 1.19 bits per heavy atom. The molecule has 1 aromatic heterocycles. The van der Waals surface area contributed by atoms with Crippen LogP contribution in [0.1, 0.15) is 63.6 Å². The van der Waals surface area contributed by atoms with Crippen molar-refractivity contribution < 1.29 is 9.90 Å². The number of nitrogens with zero attached hydrogens (tertiary/aromatic N) is 1. The number of rotatable bonds is 3. The molecule has 1 fully saturated rings. The Labute approximate surface area is 160 Å². The standard InChI is InChI=1S/C20H25N3O2.ClH/c1-11-12(2)18(13-4-3-5-13)15(10-14(11)20(24)25)19-22-16-6-8-21-9-7-17(16)23-19;/h10,13,21H,3-9H2,1-2H3,(H,22,23)(H,24,25);1H. The predicted octanol–water partition coefficient (Wildman–Crippen LogP) is 3.77. The zero-order valence-electron chi connectivity index (χ0n) is 15.3. The van der Waals surface area contributed by atoms with Gasteiger partial charge in [0.2, 0.25) is 0 Å². The molecule has 5 nitrogen and oxygen atoms in total. The molecule has 4 rings (SSSR count). The molecular formula is C20H26ClN3O2. The highest BCUT2D eigenvalue weighted by Gasteiger charge is 2.28. The van der Waals surface area contributed by atoms with Crippen LogP contribution in [0.3, 0.4) is 0 Å². The molecule has 1 aliphatic heterocycles. The van der Waals surface area contributed by atoms with Gasteiger partial charge in [0.15, 0.2) is 0 Å². The van der Waals surface area contributed by atoms with Crippen LogP contribution in [-0.2, 0) is 12.8 Å². The number of nitrogens with one attached hydrogen (secondary N) is 2. The van der Waals surface area contributed by atoms with E-state index in [0.29, 0.717) is 11.5 Å². The molecule has 0 unspecified atom stereocenters. The van der Waals surface area contributed by atoms with Crippen molar-refractivity contribution in [3.8, 4) is 11.4 Å². The minimum atomic E-state index is -0.862. The van der Waals surface area contributed by atoms with Crippen LogP contribution in [0.15, 0.2) is 6.07 Å². The van der Waals surface area contributed by atoms with Crippen LogP contribution in [0.4, 0.5) is 0 Å². The van der Waals surface area contributed by atoms with E-state index in [-0.39, 0.29) is 12.4 Å². The largest absolute Gasteiger partial charge is 0.478 e. The van der Waals surface area contributed by atoms with Gasteiger partial charge in [-0.05, 0) is 55.4 Å². The molecule has 1 saturated carbocycles. The van der Waals surface area contributed by atoms with E-state index in [2.05, 4.69) is 17.2 Å². The number of aromatic nitrogens is 2. The molecule has 26 heavy (non-hydrogen) atoms. The van der Waals surface area contributed by atoms with Gasteiger partial charge in [-0.2, -0.15) is 0 Å². The zero-order chi connectivity index (χ0) is 17.6. The van der Waals surface area contributed by atoms with Crippen molar-refractivity contribution in [3.05, 3.63) is 39.7 Å². The number of H-pyrrole nitrogens is 1. The van der Waals surface area contributed by atoms with Crippen molar-refractivity contribution in [2.24, 2.45) is 0 Å². The van der Waals surface area contributed by atoms with Crippen molar-refractivity contribution >= 4 is 18.4 Å². The molecule has 2 heterocycles. The van der Waals surface area contributed by atoms with Crippen molar-refractivity contribution in [2.45, 2.75) is 51.9 Å². The van der Waals surface area contributed by atoms with Gasteiger partial charge in [-0.25, -0.2) is 9.78 Å². The fourth-order valence-corrected chi connectivity index (χ4v) is 4.11. The summed E-state index contributed by atoms with van der Waals surface area (Å²) in [5, 5.41) is 13.0. The quantitative estimate of drug-likeness (QED) is 0.763. The second kappa shape index (κ2) is 7.41. The lowest BCUT2D eigenvalue weighted by molar-refractivity contribution is 0.0696. The third kappa shape index (κ3) is 3.14. The molecule has 2 aliphatic rings. The van der Waals surface area contributed by atoms with E-state index < -0.39 is 5.97 Å². The number of imidazole rings is 1. The van der Waals surface area contributed by atoms with Gasteiger partial charge in [-0.3, -0.25) is 0 Å². The Bertz CT molecular complexity index is 817. The van der Waals surface area contributed by atoms with Crippen LogP contribution in [0.25, 0.3) is 11.4 Å². The first-order valence-electron chi connectivity index (χ1n) is 9.22. The minimum Gasteiger partial charge on any atom is -0.478 e. The summed E-state index contributed by atoms with van der Waals surface area (Å²) in [5.41, 5.74) is 7.00. The van der Waals surface area contributed by atoms with Gasteiger partial charge in [0.1, 0.15) is 5.82 Å². The fourth-order valence-electron chi connectivity index (χ4n) is 4.11. The highest BCUT2D eigenvalue weighted by molar-refractivity contribution is 5.92. The maximum absolute atomic E-state index is 11.7. The Balaban J connectivity index is 0.00000196. The van der Waals surface area contributed by atoms with Gasteiger partial charge in [0, 0.05) is 37.2 Å². The van der Waals surface area contributed by atoms with Gasteiger partial charge in [-0.15, -0.1) is 12.4 Å². The number of benzene rings is 1. The minimum absolute atomic E-state index is 0. The van der Waals surface area contributed by atoms with Gasteiger partial charge >= 0.3 is 5.97 Å². The Morgan fingerprint density at radius 2 is 1.92 bits per heavy atom. The molecule has 0 bridgehead atoms. The summed E-state index contributed by atoms with van der Waals surface area (Å²) in [6.07, 6.45) is 5.48. The molecule has 0 atom stereocenters. The molecule has 6 heteroatoms. The van der Waals surface area contributed by atoms with E-state index in [0.717, 1.165) is 54.1 Å².